The third-order valence-electron chi connectivity index (χ3n) is 2.69. The highest BCUT2D eigenvalue weighted by molar-refractivity contribution is 7.80. The lowest BCUT2D eigenvalue weighted by Gasteiger charge is -2.23. The molecule has 0 saturated carbocycles. The summed E-state index contributed by atoms with van der Waals surface area (Å²) < 4.78 is 5.14. The van der Waals surface area contributed by atoms with Gasteiger partial charge in [-0.05, 0) is 32.1 Å². The topological polar surface area (TPSA) is 67.6 Å². The number of hydrogen-bond acceptors (Lipinski definition) is 4. The Kier molecular flexibility index (Phi) is 5.50. The van der Waals surface area contributed by atoms with Crippen LogP contribution in [0.25, 0.3) is 0 Å². The van der Waals surface area contributed by atoms with Crippen molar-refractivity contribution in [1.82, 2.24) is 4.90 Å². The molecule has 19 heavy (non-hydrogen) atoms. The van der Waals surface area contributed by atoms with Gasteiger partial charge in [-0.2, -0.15) is 0 Å². The summed E-state index contributed by atoms with van der Waals surface area (Å²) in [7, 11) is 1.46. The van der Waals surface area contributed by atoms with Crippen molar-refractivity contribution in [3.63, 3.8) is 0 Å². The largest absolute Gasteiger partial charge is 0.494 e. The lowest BCUT2D eigenvalue weighted by Crippen LogP contribution is -2.34. The maximum absolute atomic E-state index is 10.7. The van der Waals surface area contributed by atoms with Crippen LogP contribution >= 0.6 is 12.2 Å². The van der Waals surface area contributed by atoms with Gasteiger partial charge in [-0.3, -0.25) is 10.1 Å². The summed E-state index contributed by atoms with van der Waals surface area (Å²) in [6.45, 7) is 5.59. The van der Waals surface area contributed by atoms with Gasteiger partial charge in [0.1, 0.15) is 5.75 Å². The van der Waals surface area contributed by atoms with Crippen LogP contribution in [0, 0.1) is 10.1 Å². The summed E-state index contributed by atoms with van der Waals surface area (Å²) >= 11 is 5.27. The van der Waals surface area contributed by atoms with Gasteiger partial charge < -0.3 is 15.0 Å². The molecule has 0 heterocycles. The first-order valence-electron chi connectivity index (χ1n) is 5.91. The number of anilines is 1. The molecule has 1 aromatic carbocycles. The molecule has 6 nitrogen and oxygen atoms in total. The predicted molar refractivity (Wildman–Crippen MR) is 78.8 cm³/mol. The van der Waals surface area contributed by atoms with Crippen LogP contribution in [0.5, 0.6) is 5.75 Å². The van der Waals surface area contributed by atoms with Crippen molar-refractivity contribution in [2.24, 2.45) is 0 Å². The van der Waals surface area contributed by atoms with E-state index in [1.165, 1.54) is 19.2 Å². The highest BCUT2D eigenvalue weighted by Crippen LogP contribution is 2.29. The molecule has 0 aliphatic heterocycles. The Morgan fingerprint density at radius 2 is 2.11 bits per heavy atom. The van der Waals surface area contributed by atoms with Crippen LogP contribution in [0.3, 0.4) is 0 Å². The smallest absolute Gasteiger partial charge is 0.273 e. The zero-order valence-electron chi connectivity index (χ0n) is 11.2. The Hall–Kier alpha value is -1.89. The molecule has 104 valence electrons. The van der Waals surface area contributed by atoms with E-state index in [-0.39, 0.29) is 5.69 Å². The minimum Gasteiger partial charge on any atom is -0.494 e. The number of ether oxygens (including phenoxy) is 1. The fourth-order valence-electron chi connectivity index (χ4n) is 1.60. The molecule has 0 radical (unpaired) electrons. The first-order valence-corrected chi connectivity index (χ1v) is 6.32. The maximum atomic E-state index is 10.7. The summed E-state index contributed by atoms with van der Waals surface area (Å²) in [4.78, 5) is 12.2. The van der Waals surface area contributed by atoms with E-state index >= 15 is 0 Å². The number of benzene rings is 1. The number of nitro groups is 1. The molecule has 0 spiro atoms. The Morgan fingerprint density at radius 1 is 1.47 bits per heavy atom. The second kappa shape index (κ2) is 6.89. The number of hydrogen-bond donors (Lipinski definition) is 1. The first-order chi connectivity index (χ1) is 9.03. The van der Waals surface area contributed by atoms with Crippen molar-refractivity contribution in [1.29, 1.82) is 0 Å². The van der Waals surface area contributed by atoms with E-state index in [0.717, 1.165) is 13.1 Å². The van der Waals surface area contributed by atoms with Crippen molar-refractivity contribution < 1.29 is 9.66 Å². The molecule has 1 rings (SSSR count). The van der Waals surface area contributed by atoms with Crippen molar-refractivity contribution in [3.8, 4) is 5.75 Å². The van der Waals surface area contributed by atoms with E-state index in [4.69, 9.17) is 17.0 Å². The number of nitro benzene ring substituents is 1. The van der Waals surface area contributed by atoms with Crippen LogP contribution in [0.15, 0.2) is 18.2 Å². The summed E-state index contributed by atoms with van der Waals surface area (Å²) in [6, 6.07) is 4.37. The lowest BCUT2D eigenvalue weighted by molar-refractivity contribution is -0.384. The van der Waals surface area contributed by atoms with Gasteiger partial charge in [0.25, 0.3) is 5.69 Å². The monoisotopic (exact) mass is 283 g/mol. The van der Waals surface area contributed by atoms with Crippen LogP contribution < -0.4 is 10.1 Å². The van der Waals surface area contributed by atoms with Gasteiger partial charge in [0.05, 0.1) is 23.8 Å². The van der Waals surface area contributed by atoms with E-state index in [1.54, 1.807) is 6.07 Å². The molecule has 0 aliphatic rings. The summed E-state index contributed by atoms with van der Waals surface area (Å²) in [6.07, 6.45) is 0. The molecular formula is C12H17N3O3S. The number of rotatable bonds is 5. The fourth-order valence-corrected chi connectivity index (χ4v) is 1.97. The Bertz CT molecular complexity index is 475. The number of nitrogens with one attached hydrogen (secondary N) is 1. The maximum Gasteiger partial charge on any atom is 0.273 e. The van der Waals surface area contributed by atoms with Crippen LogP contribution in [0.2, 0.25) is 0 Å². The standard InChI is InChI=1S/C12H17N3O3S/c1-4-14(5-2)12(19)13-10-7-6-9(15(16)17)8-11(10)18-3/h6-8H,4-5H2,1-3H3,(H,13,19). The number of thiocarbonyl (C=S) groups is 1. The van der Waals surface area contributed by atoms with E-state index in [1.807, 2.05) is 18.7 Å². The van der Waals surface area contributed by atoms with E-state index in [0.29, 0.717) is 16.5 Å². The van der Waals surface area contributed by atoms with Gasteiger partial charge in [-0.1, -0.05) is 0 Å². The van der Waals surface area contributed by atoms with E-state index in [2.05, 4.69) is 5.32 Å². The van der Waals surface area contributed by atoms with Crippen molar-refractivity contribution in [2.75, 3.05) is 25.5 Å². The van der Waals surface area contributed by atoms with Crippen LogP contribution in [0.4, 0.5) is 11.4 Å². The number of methoxy groups -OCH3 is 1. The van der Waals surface area contributed by atoms with Crippen LogP contribution in [-0.2, 0) is 0 Å². The molecule has 0 aromatic heterocycles. The average Bonchev–Trinajstić information content (AvgIpc) is 2.40. The molecule has 0 fully saturated rings. The zero-order chi connectivity index (χ0) is 14.4. The second-order valence-corrected chi connectivity index (χ2v) is 4.13. The van der Waals surface area contributed by atoms with Gasteiger partial charge >= 0.3 is 0 Å². The first kappa shape index (κ1) is 15.2. The molecule has 0 aliphatic carbocycles. The van der Waals surface area contributed by atoms with Gasteiger partial charge in [0, 0.05) is 19.2 Å². The lowest BCUT2D eigenvalue weighted by atomic mass is 10.2. The summed E-state index contributed by atoms with van der Waals surface area (Å²) in [5, 5.41) is 14.3. The van der Waals surface area contributed by atoms with Crippen LogP contribution in [-0.4, -0.2) is 35.1 Å². The third kappa shape index (κ3) is 3.78. The molecule has 1 N–H and O–H groups in total. The molecule has 0 bridgehead atoms. The molecule has 1 aromatic rings. The number of non-ortho nitro benzene ring substituents is 1. The summed E-state index contributed by atoms with van der Waals surface area (Å²) in [5.41, 5.74) is 0.598. The van der Waals surface area contributed by atoms with Crippen molar-refractivity contribution in [2.45, 2.75) is 13.8 Å². The molecule has 0 unspecified atom stereocenters. The van der Waals surface area contributed by atoms with Crippen molar-refractivity contribution >= 4 is 28.7 Å². The Balaban J connectivity index is 2.95. The van der Waals surface area contributed by atoms with E-state index in [9.17, 15) is 10.1 Å². The van der Waals surface area contributed by atoms with Gasteiger partial charge in [0.2, 0.25) is 0 Å². The minimum atomic E-state index is -0.463. The Morgan fingerprint density at radius 3 is 2.58 bits per heavy atom. The molecule has 0 saturated heterocycles. The molecule has 0 amide bonds. The predicted octanol–water partition coefficient (Wildman–Crippen LogP) is 2.64. The van der Waals surface area contributed by atoms with Gasteiger partial charge in [-0.15, -0.1) is 0 Å². The fraction of sp³-hybridized carbons (Fsp3) is 0.417. The Labute approximate surface area is 117 Å². The summed E-state index contributed by atoms with van der Waals surface area (Å²) in [5.74, 6) is 0.392. The van der Waals surface area contributed by atoms with Crippen molar-refractivity contribution in [3.05, 3.63) is 28.3 Å². The average molecular weight is 283 g/mol. The highest BCUT2D eigenvalue weighted by atomic mass is 32.1. The van der Waals surface area contributed by atoms with E-state index < -0.39 is 4.92 Å². The molecule has 0 atom stereocenters. The molecule has 7 heteroatoms. The molecular weight excluding hydrogens is 266 g/mol. The number of nitrogens with zero attached hydrogens (tertiary/aromatic N) is 2. The highest BCUT2D eigenvalue weighted by Gasteiger charge is 2.13. The SMILES string of the molecule is CCN(CC)C(=S)Nc1ccc([N+](=O)[O-])cc1OC. The third-order valence-corrected chi connectivity index (χ3v) is 3.05. The normalized spacial score (nSPS) is 9.84. The van der Waals surface area contributed by atoms with Gasteiger partial charge in [-0.25, -0.2) is 0 Å². The second-order valence-electron chi connectivity index (χ2n) is 3.74. The van der Waals surface area contributed by atoms with Crippen LogP contribution in [0.1, 0.15) is 13.8 Å². The zero-order valence-corrected chi connectivity index (χ0v) is 12.0. The quantitative estimate of drug-likeness (QED) is 0.509. The minimum absolute atomic E-state index is 0.0174. The van der Waals surface area contributed by atoms with Gasteiger partial charge in [0.15, 0.2) is 5.11 Å².